The van der Waals surface area contributed by atoms with Crippen LogP contribution in [0.15, 0.2) is 18.2 Å². The van der Waals surface area contributed by atoms with Crippen molar-refractivity contribution in [2.75, 3.05) is 0 Å². The van der Waals surface area contributed by atoms with Crippen LogP contribution < -0.4 is 5.32 Å². The standard InChI is InChI=1S/C14H17NO3/c1-8(16)15-12-11-5-4-9(13(17)18)6-10(11)7-14(12,2)3/h4-6,12H,7H2,1-3H3,(H,15,16)(H,17,18). The van der Waals surface area contributed by atoms with E-state index in [0.29, 0.717) is 5.56 Å². The Labute approximate surface area is 106 Å². The van der Waals surface area contributed by atoms with Crippen molar-refractivity contribution in [3.8, 4) is 0 Å². The first-order valence-electron chi connectivity index (χ1n) is 5.94. The number of carbonyl (C=O) groups is 2. The van der Waals surface area contributed by atoms with Crippen LogP contribution in [-0.4, -0.2) is 17.0 Å². The molecular formula is C14H17NO3. The summed E-state index contributed by atoms with van der Waals surface area (Å²) in [6, 6.07) is 5.07. The number of hydrogen-bond donors (Lipinski definition) is 2. The molecule has 0 saturated heterocycles. The number of carboxylic acids is 1. The van der Waals surface area contributed by atoms with E-state index >= 15 is 0 Å². The summed E-state index contributed by atoms with van der Waals surface area (Å²) in [7, 11) is 0. The molecule has 0 spiro atoms. The molecule has 2 rings (SSSR count). The molecule has 0 aromatic heterocycles. The van der Waals surface area contributed by atoms with E-state index in [1.54, 1.807) is 12.1 Å². The summed E-state index contributed by atoms with van der Waals surface area (Å²) in [4.78, 5) is 22.2. The van der Waals surface area contributed by atoms with Gasteiger partial charge in [-0.15, -0.1) is 0 Å². The molecule has 96 valence electrons. The third kappa shape index (κ3) is 2.10. The fourth-order valence-corrected chi connectivity index (χ4v) is 2.66. The number of nitrogens with one attached hydrogen (secondary N) is 1. The van der Waals surface area contributed by atoms with Crippen LogP contribution >= 0.6 is 0 Å². The smallest absolute Gasteiger partial charge is 0.335 e. The topological polar surface area (TPSA) is 66.4 Å². The molecular weight excluding hydrogens is 230 g/mol. The molecule has 1 unspecified atom stereocenters. The summed E-state index contributed by atoms with van der Waals surface area (Å²) in [5, 5.41) is 11.9. The van der Waals surface area contributed by atoms with Gasteiger partial charge in [0.15, 0.2) is 0 Å². The van der Waals surface area contributed by atoms with Gasteiger partial charge in [-0.2, -0.15) is 0 Å². The van der Waals surface area contributed by atoms with Crippen LogP contribution in [0.5, 0.6) is 0 Å². The lowest BCUT2D eigenvalue weighted by Crippen LogP contribution is -2.34. The summed E-state index contributed by atoms with van der Waals surface area (Å²) in [6.07, 6.45) is 0.772. The minimum atomic E-state index is -0.918. The molecule has 4 nitrogen and oxygen atoms in total. The zero-order valence-electron chi connectivity index (χ0n) is 10.8. The number of fused-ring (bicyclic) bond motifs is 1. The van der Waals surface area contributed by atoms with Gasteiger partial charge >= 0.3 is 5.97 Å². The Morgan fingerprint density at radius 1 is 1.39 bits per heavy atom. The Morgan fingerprint density at radius 3 is 2.61 bits per heavy atom. The van der Waals surface area contributed by atoms with Crippen LogP contribution in [0.25, 0.3) is 0 Å². The average Bonchev–Trinajstić information content (AvgIpc) is 2.48. The zero-order valence-corrected chi connectivity index (χ0v) is 10.8. The highest BCUT2D eigenvalue weighted by Gasteiger charge is 2.39. The first-order chi connectivity index (χ1) is 8.31. The quantitative estimate of drug-likeness (QED) is 0.841. The summed E-state index contributed by atoms with van der Waals surface area (Å²) in [5.41, 5.74) is 2.25. The highest BCUT2D eigenvalue weighted by atomic mass is 16.4. The van der Waals surface area contributed by atoms with E-state index in [4.69, 9.17) is 5.11 Å². The van der Waals surface area contributed by atoms with Gasteiger partial charge < -0.3 is 10.4 Å². The molecule has 0 fully saturated rings. The van der Waals surface area contributed by atoms with E-state index in [-0.39, 0.29) is 17.4 Å². The average molecular weight is 247 g/mol. The normalized spacial score (nSPS) is 20.3. The SMILES string of the molecule is CC(=O)NC1c2ccc(C(=O)O)cc2CC1(C)C. The molecule has 0 aliphatic heterocycles. The monoisotopic (exact) mass is 247 g/mol. The molecule has 1 aromatic carbocycles. The number of aromatic carboxylic acids is 1. The predicted molar refractivity (Wildman–Crippen MR) is 67.4 cm³/mol. The fourth-order valence-electron chi connectivity index (χ4n) is 2.66. The molecule has 0 heterocycles. The maximum absolute atomic E-state index is 11.3. The number of carbonyl (C=O) groups excluding carboxylic acids is 1. The molecule has 0 saturated carbocycles. The van der Waals surface area contributed by atoms with Crippen molar-refractivity contribution in [3.63, 3.8) is 0 Å². The molecule has 1 atom stereocenters. The molecule has 2 N–H and O–H groups in total. The van der Waals surface area contributed by atoms with Crippen molar-refractivity contribution >= 4 is 11.9 Å². The minimum absolute atomic E-state index is 0.0483. The van der Waals surface area contributed by atoms with Gasteiger partial charge in [-0.25, -0.2) is 4.79 Å². The lowest BCUT2D eigenvalue weighted by Gasteiger charge is -2.28. The molecule has 1 aliphatic rings. The minimum Gasteiger partial charge on any atom is -0.478 e. The van der Waals surface area contributed by atoms with Gasteiger partial charge in [-0.05, 0) is 35.1 Å². The second-order valence-electron chi connectivity index (χ2n) is 5.52. The first-order valence-corrected chi connectivity index (χ1v) is 5.94. The number of rotatable bonds is 2. The summed E-state index contributed by atoms with van der Waals surface area (Å²) >= 11 is 0. The predicted octanol–water partition coefficient (Wildman–Crippen LogP) is 2.14. The molecule has 1 aliphatic carbocycles. The van der Waals surface area contributed by atoms with Crippen LogP contribution in [-0.2, 0) is 11.2 Å². The van der Waals surface area contributed by atoms with Crippen LogP contribution in [0, 0.1) is 5.41 Å². The van der Waals surface area contributed by atoms with E-state index in [9.17, 15) is 9.59 Å². The number of hydrogen-bond acceptors (Lipinski definition) is 2. The zero-order chi connectivity index (χ0) is 13.5. The number of amides is 1. The molecule has 0 radical (unpaired) electrons. The van der Waals surface area contributed by atoms with E-state index < -0.39 is 5.97 Å². The Morgan fingerprint density at radius 2 is 2.06 bits per heavy atom. The molecule has 0 bridgehead atoms. The van der Waals surface area contributed by atoms with Crippen molar-refractivity contribution in [2.45, 2.75) is 33.2 Å². The first kappa shape index (κ1) is 12.6. The molecule has 1 aromatic rings. The number of benzene rings is 1. The van der Waals surface area contributed by atoms with Crippen LogP contribution in [0.3, 0.4) is 0 Å². The van der Waals surface area contributed by atoms with Crippen molar-refractivity contribution < 1.29 is 14.7 Å². The van der Waals surface area contributed by atoms with Crippen molar-refractivity contribution in [1.29, 1.82) is 0 Å². The van der Waals surface area contributed by atoms with E-state index in [1.165, 1.54) is 6.92 Å². The van der Waals surface area contributed by atoms with Gasteiger partial charge in [0, 0.05) is 6.92 Å². The Bertz CT molecular complexity index is 520. The van der Waals surface area contributed by atoms with Gasteiger partial charge in [0.05, 0.1) is 11.6 Å². The number of carboxylic acid groups (broad SMARTS) is 1. The second-order valence-corrected chi connectivity index (χ2v) is 5.52. The lowest BCUT2D eigenvalue weighted by molar-refractivity contribution is -0.120. The Balaban J connectivity index is 2.43. The maximum Gasteiger partial charge on any atom is 0.335 e. The highest BCUT2D eigenvalue weighted by Crippen LogP contribution is 2.45. The maximum atomic E-state index is 11.3. The Hall–Kier alpha value is -1.84. The van der Waals surface area contributed by atoms with E-state index in [0.717, 1.165) is 17.5 Å². The van der Waals surface area contributed by atoms with Gasteiger partial charge in [-0.3, -0.25) is 4.79 Å². The summed E-state index contributed by atoms with van der Waals surface area (Å²) < 4.78 is 0. The van der Waals surface area contributed by atoms with E-state index in [1.807, 2.05) is 6.07 Å². The Kier molecular flexibility index (Phi) is 2.89. The molecule has 4 heteroatoms. The largest absolute Gasteiger partial charge is 0.478 e. The van der Waals surface area contributed by atoms with Crippen molar-refractivity contribution in [1.82, 2.24) is 5.32 Å². The summed E-state index contributed by atoms with van der Waals surface area (Å²) in [5.74, 6) is -0.984. The second kappa shape index (κ2) is 4.12. The van der Waals surface area contributed by atoms with Crippen LogP contribution in [0.1, 0.15) is 48.3 Å². The highest BCUT2D eigenvalue weighted by molar-refractivity contribution is 5.88. The summed E-state index contributed by atoms with van der Waals surface area (Å²) in [6.45, 7) is 5.65. The van der Waals surface area contributed by atoms with E-state index in [2.05, 4.69) is 19.2 Å². The van der Waals surface area contributed by atoms with Crippen LogP contribution in [0.4, 0.5) is 0 Å². The van der Waals surface area contributed by atoms with Gasteiger partial charge in [0.1, 0.15) is 0 Å². The fraction of sp³-hybridized carbons (Fsp3) is 0.429. The van der Waals surface area contributed by atoms with Gasteiger partial charge in [-0.1, -0.05) is 19.9 Å². The van der Waals surface area contributed by atoms with Crippen LogP contribution in [0.2, 0.25) is 0 Å². The third-order valence-corrected chi connectivity index (χ3v) is 3.48. The molecule has 1 amide bonds. The van der Waals surface area contributed by atoms with Gasteiger partial charge in [0.25, 0.3) is 0 Å². The molecule has 18 heavy (non-hydrogen) atoms. The third-order valence-electron chi connectivity index (χ3n) is 3.48. The van der Waals surface area contributed by atoms with Gasteiger partial charge in [0.2, 0.25) is 5.91 Å². The lowest BCUT2D eigenvalue weighted by atomic mass is 9.85. The van der Waals surface area contributed by atoms with Crippen molar-refractivity contribution in [3.05, 3.63) is 34.9 Å². The van der Waals surface area contributed by atoms with Crippen molar-refractivity contribution in [2.24, 2.45) is 5.41 Å².